The normalized spacial score (nSPS) is 14.1. The molecule has 0 N–H and O–H groups in total. The maximum atomic E-state index is 6.06. The van der Waals surface area contributed by atoms with Gasteiger partial charge >= 0.3 is 0 Å². The minimum Gasteiger partial charge on any atom is -0.457 e. The van der Waals surface area contributed by atoms with E-state index >= 15 is 0 Å². The van der Waals surface area contributed by atoms with Crippen molar-refractivity contribution in [2.24, 2.45) is 0 Å². The molecule has 0 bridgehead atoms. The summed E-state index contributed by atoms with van der Waals surface area (Å²) in [5.41, 5.74) is 0. The predicted octanol–water partition coefficient (Wildman–Crippen LogP) is 7.42. The van der Waals surface area contributed by atoms with E-state index < -0.39 is 0 Å². The zero-order chi connectivity index (χ0) is 17.2. The standard InChI is InChI=1S/C22H34O/c1-5-9-13-15-19-21(17-11-7-3)23-22(18-12-8-4)20-16-14-10-6-2/h7-8,11-12,15-20H,5-6,9-10,13-14H2,1-4H3. The molecule has 0 spiro atoms. The lowest BCUT2D eigenvalue weighted by Crippen LogP contribution is -1.89. The molecular formula is C22H34O. The van der Waals surface area contributed by atoms with Gasteiger partial charge in [-0.1, -0.05) is 76.0 Å². The average molecular weight is 315 g/mol. The summed E-state index contributed by atoms with van der Waals surface area (Å²) in [5.74, 6) is 1.74. The monoisotopic (exact) mass is 314 g/mol. The van der Waals surface area contributed by atoms with Crippen LogP contribution in [0.2, 0.25) is 0 Å². The molecule has 0 rings (SSSR count). The van der Waals surface area contributed by atoms with Crippen molar-refractivity contribution >= 4 is 0 Å². The molecule has 1 nitrogen and oxygen atoms in total. The summed E-state index contributed by atoms with van der Waals surface area (Å²) < 4.78 is 6.06. The summed E-state index contributed by atoms with van der Waals surface area (Å²) in [5, 5.41) is 0. The summed E-state index contributed by atoms with van der Waals surface area (Å²) >= 11 is 0. The average Bonchev–Trinajstić information content (AvgIpc) is 2.57. The van der Waals surface area contributed by atoms with Gasteiger partial charge in [0.15, 0.2) is 0 Å². The van der Waals surface area contributed by atoms with Gasteiger partial charge in [0, 0.05) is 0 Å². The van der Waals surface area contributed by atoms with Crippen LogP contribution < -0.4 is 0 Å². The van der Waals surface area contributed by atoms with Gasteiger partial charge in [-0.05, 0) is 51.0 Å². The van der Waals surface area contributed by atoms with Crippen LogP contribution in [0.5, 0.6) is 0 Å². The molecule has 0 amide bonds. The predicted molar refractivity (Wildman–Crippen MR) is 104 cm³/mol. The summed E-state index contributed by atoms with van der Waals surface area (Å²) in [6.45, 7) is 8.44. The van der Waals surface area contributed by atoms with E-state index in [1.54, 1.807) is 0 Å². The van der Waals surface area contributed by atoms with Crippen molar-refractivity contribution in [3.05, 3.63) is 72.3 Å². The molecule has 0 fully saturated rings. The Labute approximate surface area is 143 Å². The number of hydrogen-bond donors (Lipinski definition) is 0. The second-order valence-electron chi connectivity index (χ2n) is 5.38. The molecule has 0 aliphatic carbocycles. The summed E-state index contributed by atoms with van der Waals surface area (Å²) in [7, 11) is 0. The fourth-order valence-electron chi connectivity index (χ4n) is 1.81. The fourth-order valence-corrected chi connectivity index (χ4v) is 1.81. The van der Waals surface area contributed by atoms with Gasteiger partial charge in [-0.15, -0.1) is 0 Å². The van der Waals surface area contributed by atoms with Crippen molar-refractivity contribution in [2.75, 3.05) is 0 Å². The molecule has 0 unspecified atom stereocenters. The van der Waals surface area contributed by atoms with Crippen LogP contribution in [-0.4, -0.2) is 0 Å². The van der Waals surface area contributed by atoms with Crippen LogP contribution in [0.4, 0.5) is 0 Å². The molecule has 0 aromatic rings. The van der Waals surface area contributed by atoms with E-state index in [4.69, 9.17) is 4.74 Å². The summed E-state index contributed by atoms with van der Waals surface area (Å²) in [6, 6.07) is 0. The third-order valence-corrected chi connectivity index (χ3v) is 3.15. The Bertz CT molecular complexity index is 403. The van der Waals surface area contributed by atoms with E-state index in [0.29, 0.717) is 0 Å². The quantitative estimate of drug-likeness (QED) is 0.207. The van der Waals surface area contributed by atoms with E-state index in [1.165, 1.54) is 25.7 Å². The van der Waals surface area contributed by atoms with Crippen molar-refractivity contribution in [3.8, 4) is 0 Å². The lowest BCUT2D eigenvalue weighted by molar-refractivity contribution is 0.336. The van der Waals surface area contributed by atoms with Crippen molar-refractivity contribution in [1.82, 2.24) is 0 Å². The Morgan fingerprint density at radius 3 is 1.52 bits per heavy atom. The maximum Gasteiger partial charge on any atom is 0.127 e. The molecule has 0 saturated carbocycles. The lowest BCUT2D eigenvalue weighted by atomic mass is 10.2. The van der Waals surface area contributed by atoms with Gasteiger partial charge in [0.1, 0.15) is 11.5 Å². The van der Waals surface area contributed by atoms with Gasteiger partial charge < -0.3 is 4.74 Å². The van der Waals surface area contributed by atoms with Crippen molar-refractivity contribution in [1.29, 1.82) is 0 Å². The van der Waals surface area contributed by atoms with Crippen LogP contribution in [0.3, 0.4) is 0 Å². The highest BCUT2D eigenvalue weighted by molar-refractivity contribution is 5.25. The fraction of sp³-hybridized carbons (Fsp3) is 0.455. The Kier molecular flexibility index (Phi) is 15.3. The van der Waals surface area contributed by atoms with Crippen LogP contribution in [0.1, 0.15) is 66.2 Å². The first-order valence-electron chi connectivity index (χ1n) is 8.95. The van der Waals surface area contributed by atoms with Crippen LogP contribution in [-0.2, 0) is 4.74 Å². The second kappa shape index (κ2) is 16.6. The lowest BCUT2D eigenvalue weighted by Gasteiger charge is -2.07. The molecule has 0 heterocycles. The van der Waals surface area contributed by atoms with Gasteiger partial charge in [0.2, 0.25) is 0 Å². The third kappa shape index (κ3) is 13.6. The molecule has 0 aliphatic rings. The molecule has 0 aromatic heterocycles. The molecule has 0 atom stereocenters. The highest BCUT2D eigenvalue weighted by Gasteiger charge is 1.97. The zero-order valence-corrected chi connectivity index (χ0v) is 15.4. The Hall–Kier alpha value is -1.76. The smallest absolute Gasteiger partial charge is 0.127 e. The molecule has 23 heavy (non-hydrogen) atoms. The van der Waals surface area contributed by atoms with E-state index in [0.717, 1.165) is 24.4 Å². The van der Waals surface area contributed by atoms with E-state index in [2.05, 4.69) is 38.2 Å². The first kappa shape index (κ1) is 21.2. The number of ether oxygens (including phenoxy) is 1. The first-order valence-corrected chi connectivity index (χ1v) is 8.95. The van der Waals surface area contributed by atoms with Gasteiger partial charge in [-0.25, -0.2) is 0 Å². The van der Waals surface area contributed by atoms with Gasteiger partial charge in [0.25, 0.3) is 0 Å². The van der Waals surface area contributed by atoms with E-state index in [9.17, 15) is 0 Å². The number of unbranched alkanes of at least 4 members (excludes halogenated alkanes) is 4. The number of rotatable bonds is 12. The molecule has 128 valence electrons. The summed E-state index contributed by atoms with van der Waals surface area (Å²) in [6.07, 6.45) is 27.6. The van der Waals surface area contributed by atoms with E-state index in [-0.39, 0.29) is 0 Å². The van der Waals surface area contributed by atoms with Crippen LogP contribution >= 0.6 is 0 Å². The van der Waals surface area contributed by atoms with Crippen molar-refractivity contribution in [2.45, 2.75) is 66.2 Å². The van der Waals surface area contributed by atoms with Crippen LogP contribution in [0, 0.1) is 0 Å². The van der Waals surface area contributed by atoms with Gasteiger partial charge in [0.05, 0.1) is 0 Å². The van der Waals surface area contributed by atoms with E-state index in [1.807, 2.05) is 50.3 Å². The summed E-state index contributed by atoms with van der Waals surface area (Å²) in [4.78, 5) is 0. The van der Waals surface area contributed by atoms with Gasteiger partial charge in [-0.3, -0.25) is 0 Å². The Balaban J connectivity index is 4.96. The van der Waals surface area contributed by atoms with Crippen LogP contribution in [0.25, 0.3) is 0 Å². The molecule has 0 aromatic carbocycles. The molecule has 0 saturated heterocycles. The number of hydrogen-bond acceptors (Lipinski definition) is 1. The zero-order valence-electron chi connectivity index (χ0n) is 15.4. The second-order valence-corrected chi connectivity index (χ2v) is 5.38. The topological polar surface area (TPSA) is 9.23 Å². The minimum absolute atomic E-state index is 0.870. The first-order chi connectivity index (χ1) is 11.3. The molecule has 0 aliphatic heterocycles. The minimum atomic E-state index is 0.870. The Morgan fingerprint density at radius 2 is 1.17 bits per heavy atom. The van der Waals surface area contributed by atoms with Crippen molar-refractivity contribution < 1.29 is 4.74 Å². The van der Waals surface area contributed by atoms with Crippen molar-refractivity contribution in [3.63, 3.8) is 0 Å². The SMILES string of the molecule is CC=CC=C(C=CCCCC)OC(C=CCCCC)=CC=CC. The molecule has 0 radical (unpaired) electrons. The highest BCUT2D eigenvalue weighted by atomic mass is 16.5. The number of allylic oxidation sites excluding steroid dienone is 10. The highest BCUT2D eigenvalue weighted by Crippen LogP contribution is 2.12. The largest absolute Gasteiger partial charge is 0.457 e. The Morgan fingerprint density at radius 1 is 0.739 bits per heavy atom. The van der Waals surface area contributed by atoms with Gasteiger partial charge in [-0.2, -0.15) is 0 Å². The third-order valence-electron chi connectivity index (χ3n) is 3.15. The molecule has 1 heteroatoms. The molecular weight excluding hydrogens is 280 g/mol. The van der Waals surface area contributed by atoms with Crippen LogP contribution in [0.15, 0.2) is 72.3 Å². The maximum absolute atomic E-state index is 6.06.